The van der Waals surface area contributed by atoms with Crippen LogP contribution >= 0.6 is 11.6 Å². The lowest BCUT2D eigenvalue weighted by atomic mass is 9.97. The lowest BCUT2D eigenvalue weighted by molar-refractivity contribution is -0.192. The van der Waals surface area contributed by atoms with Crippen molar-refractivity contribution in [3.8, 4) is 11.3 Å². The molecule has 11 heteroatoms. The molecule has 0 saturated carbocycles. The molecule has 4 rings (SSSR count). The van der Waals surface area contributed by atoms with Gasteiger partial charge in [0.2, 0.25) is 0 Å². The van der Waals surface area contributed by atoms with Crippen LogP contribution in [0.2, 0.25) is 5.02 Å². The van der Waals surface area contributed by atoms with Crippen molar-refractivity contribution in [1.82, 2.24) is 20.0 Å². The number of nitrogens with zero attached hydrogens (tertiary/aromatic N) is 3. The molecular formula is C24H24ClF3N4O3. The lowest BCUT2D eigenvalue weighted by Gasteiger charge is -2.29. The standard InChI is InChI=1S/C22H23ClN4O.C2HF3O2/c1-26(2)13-15-3-4-18-14-27(10-9-17(18)11-15)22(28)21-12-20(24-25-21)16-5-7-19(23)8-6-16;3-2(4,5)1(6)7/h3-8,11-12H,9-10,13-14H2,1-2H3,(H,24,25);(H,6,7). The van der Waals surface area contributed by atoms with Gasteiger partial charge in [0.25, 0.3) is 5.91 Å². The zero-order valence-electron chi connectivity index (χ0n) is 19.1. The third-order valence-electron chi connectivity index (χ3n) is 5.26. The number of aromatic amines is 1. The maximum absolute atomic E-state index is 12.9. The molecule has 0 radical (unpaired) electrons. The molecule has 0 fully saturated rings. The highest BCUT2D eigenvalue weighted by atomic mass is 35.5. The molecule has 2 N–H and O–H groups in total. The van der Waals surface area contributed by atoms with Gasteiger partial charge in [0, 0.05) is 30.2 Å². The van der Waals surface area contributed by atoms with Crippen molar-refractivity contribution in [3.63, 3.8) is 0 Å². The van der Waals surface area contributed by atoms with Crippen LogP contribution in [-0.4, -0.2) is 63.8 Å². The summed E-state index contributed by atoms with van der Waals surface area (Å²) in [4.78, 5) is 25.9. The largest absolute Gasteiger partial charge is 0.490 e. The van der Waals surface area contributed by atoms with Crippen LogP contribution in [0.5, 0.6) is 0 Å². The summed E-state index contributed by atoms with van der Waals surface area (Å²) in [5.41, 5.74) is 6.06. The fourth-order valence-corrected chi connectivity index (χ4v) is 3.74. The minimum Gasteiger partial charge on any atom is -0.475 e. The Bertz CT molecular complexity index is 1190. The highest BCUT2D eigenvalue weighted by molar-refractivity contribution is 6.30. The number of hydrogen-bond donors (Lipinski definition) is 2. The number of amides is 1. The number of halogens is 4. The van der Waals surface area contributed by atoms with Crippen molar-refractivity contribution in [1.29, 1.82) is 0 Å². The van der Waals surface area contributed by atoms with E-state index >= 15 is 0 Å². The molecular weight excluding hydrogens is 485 g/mol. The summed E-state index contributed by atoms with van der Waals surface area (Å²) in [6, 6.07) is 15.8. The number of carbonyl (C=O) groups excluding carboxylic acids is 1. The predicted molar refractivity (Wildman–Crippen MR) is 125 cm³/mol. The van der Waals surface area contributed by atoms with E-state index < -0.39 is 12.1 Å². The monoisotopic (exact) mass is 508 g/mol. The van der Waals surface area contributed by atoms with Gasteiger partial charge in [-0.3, -0.25) is 9.89 Å². The van der Waals surface area contributed by atoms with Crippen LogP contribution in [0.3, 0.4) is 0 Å². The molecule has 0 bridgehead atoms. The van der Waals surface area contributed by atoms with Gasteiger partial charge in [-0.05, 0) is 55.4 Å². The second kappa shape index (κ2) is 10.9. The Morgan fingerprint density at radius 3 is 2.37 bits per heavy atom. The fraction of sp³-hybridized carbons (Fsp3) is 0.292. The van der Waals surface area contributed by atoms with E-state index in [0.29, 0.717) is 23.8 Å². The molecule has 0 atom stereocenters. The van der Waals surface area contributed by atoms with Crippen molar-refractivity contribution >= 4 is 23.5 Å². The Morgan fingerprint density at radius 1 is 1.11 bits per heavy atom. The quantitative estimate of drug-likeness (QED) is 0.536. The minimum absolute atomic E-state index is 0.0178. The summed E-state index contributed by atoms with van der Waals surface area (Å²) < 4.78 is 31.7. The SMILES string of the molecule is CN(C)Cc1ccc2c(c1)CCN(C(=O)c1cc(-c3ccc(Cl)cc3)n[nH]1)C2.O=C(O)C(F)(F)F. The number of H-pyrrole nitrogens is 1. The zero-order chi connectivity index (χ0) is 25.8. The van der Waals surface area contributed by atoms with Gasteiger partial charge in [0.05, 0.1) is 5.69 Å². The average molecular weight is 509 g/mol. The van der Waals surface area contributed by atoms with Crippen molar-refractivity contribution in [3.05, 3.63) is 75.9 Å². The molecule has 1 aliphatic heterocycles. The van der Waals surface area contributed by atoms with Gasteiger partial charge in [-0.2, -0.15) is 18.3 Å². The molecule has 7 nitrogen and oxygen atoms in total. The van der Waals surface area contributed by atoms with E-state index in [1.165, 1.54) is 16.7 Å². The molecule has 0 saturated heterocycles. The van der Waals surface area contributed by atoms with E-state index in [4.69, 9.17) is 21.5 Å². The summed E-state index contributed by atoms with van der Waals surface area (Å²) in [5, 5.41) is 15.0. The number of benzene rings is 2. The van der Waals surface area contributed by atoms with Gasteiger partial charge >= 0.3 is 12.1 Å². The topological polar surface area (TPSA) is 89.5 Å². The number of rotatable bonds is 4. The molecule has 35 heavy (non-hydrogen) atoms. The Morgan fingerprint density at radius 2 is 1.77 bits per heavy atom. The molecule has 186 valence electrons. The predicted octanol–water partition coefficient (Wildman–Crippen LogP) is 4.62. The molecule has 1 amide bonds. The number of aromatic nitrogens is 2. The van der Waals surface area contributed by atoms with Crippen molar-refractivity contribution in [2.75, 3.05) is 20.6 Å². The number of carbonyl (C=O) groups is 2. The number of carboxylic acid groups (broad SMARTS) is 1. The highest BCUT2D eigenvalue weighted by Gasteiger charge is 2.38. The maximum atomic E-state index is 12.9. The molecule has 3 aromatic rings. The van der Waals surface area contributed by atoms with Crippen molar-refractivity contribution in [2.45, 2.75) is 25.7 Å². The molecule has 2 aromatic carbocycles. The second-order valence-corrected chi connectivity index (χ2v) is 8.73. The third kappa shape index (κ3) is 7.06. The zero-order valence-corrected chi connectivity index (χ0v) is 19.8. The van der Waals surface area contributed by atoms with Crippen molar-refractivity contribution < 1.29 is 27.9 Å². The van der Waals surface area contributed by atoms with E-state index in [2.05, 4.69) is 47.4 Å². The fourth-order valence-electron chi connectivity index (χ4n) is 3.61. The normalized spacial score (nSPS) is 13.2. The minimum atomic E-state index is -5.08. The van der Waals surface area contributed by atoms with E-state index in [1.54, 1.807) is 6.07 Å². The number of fused-ring (bicyclic) bond motifs is 1. The molecule has 0 spiro atoms. The van der Waals surface area contributed by atoms with Crippen LogP contribution in [0.15, 0.2) is 48.5 Å². The first-order valence-corrected chi connectivity index (χ1v) is 11.0. The van der Waals surface area contributed by atoms with Gasteiger partial charge in [0.15, 0.2) is 0 Å². The molecule has 1 aromatic heterocycles. The molecule has 0 aliphatic carbocycles. The summed E-state index contributed by atoms with van der Waals surface area (Å²) in [6.07, 6.45) is -4.21. The van der Waals surface area contributed by atoms with E-state index in [0.717, 1.165) is 24.2 Å². The van der Waals surface area contributed by atoms with Crippen LogP contribution in [-0.2, 0) is 24.3 Å². The molecule has 1 aliphatic rings. The van der Waals surface area contributed by atoms with E-state index in [1.807, 2.05) is 29.2 Å². The first-order chi connectivity index (χ1) is 16.4. The Labute approximate surface area is 205 Å². The van der Waals surface area contributed by atoms with Gasteiger partial charge in [-0.25, -0.2) is 4.79 Å². The molecule has 0 unspecified atom stereocenters. The summed E-state index contributed by atoms with van der Waals surface area (Å²) in [5.74, 6) is -2.77. The second-order valence-electron chi connectivity index (χ2n) is 8.29. The number of nitrogens with one attached hydrogen (secondary N) is 1. The van der Waals surface area contributed by atoms with E-state index in [9.17, 15) is 18.0 Å². The van der Waals surface area contributed by atoms with Crippen LogP contribution in [0.25, 0.3) is 11.3 Å². The highest BCUT2D eigenvalue weighted by Crippen LogP contribution is 2.24. The first-order valence-electron chi connectivity index (χ1n) is 10.6. The summed E-state index contributed by atoms with van der Waals surface area (Å²) >= 11 is 5.94. The van der Waals surface area contributed by atoms with Crippen molar-refractivity contribution in [2.24, 2.45) is 0 Å². The summed E-state index contributed by atoms with van der Waals surface area (Å²) in [7, 11) is 4.14. The number of aliphatic carboxylic acids is 1. The van der Waals surface area contributed by atoms with Gasteiger partial charge in [-0.1, -0.05) is 41.9 Å². The lowest BCUT2D eigenvalue weighted by Crippen LogP contribution is -2.36. The van der Waals surface area contributed by atoms with Crippen LogP contribution < -0.4 is 0 Å². The van der Waals surface area contributed by atoms with Crippen LogP contribution in [0, 0.1) is 0 Å². The van der Waals surface area contributed by atoms with Crippen LogP contribution in [0.1, 0.15) is 27.2 Å². The van der Waals surface area contributed by atoms with Gasteiger partial charge in [0.1, 0.15) is 5.69 Å². The van der Waals surface area contributed by atoms with E-state index in [-0.39, 0.29) is 5.91 Å². The number of carboxylic acids is 1. The Hall–Kier alpha value is -3.37. The smallest absolute Gasteiger partial charge is 0.475 e. The van der Waals surface area contributed by atoms with Gasteiger partial charge < -0.3 is 14.9 Å². The molecule has 2 heterocycles. The average Bonchev–Trinajstić information content (AvgIpc) is 3.28. The number of alkyl halides is 3. The first kappa shape index (κ1) is 26.2. The Balaban J connectivity index is 0.000000429. The number of hydrogen-bond acceptors (Lipinski definition) is 4. The summed E-state index contributed by atoms with van der Waals surface area (Å²) in [6.45, 7) is 2.27. The third-order valence-corrected chi connectivity index (χ3v) is 5.51. The van der Waals surface area contributed by atoms with Crippen LogP contribution in [0.4, 0.5) is 13.2 Å². The Kier molecular flexibility index (Phi) is 8.18. The van der Waals surface area contributed by atoms with Gasteiger partial charge in [-0.15, -0.1) is 0 Å². The maximum Gasteiger partial charge on any atom is 0.490 e.